The molecule has 0 saturated carbocycles. The molecule has 1 aliphatic carbocycles. The van der Waals surface area contributed by atoms with Crippen molar-refractivity contribution in [1.29, 1.82) is 0 Å². The number of hydrogen-bond donors (Lipinski definition) is 2. The van der Waals surface area contributed by atoms with Crippen LogP contribution in [0.25, 0.3) is 0 Å². The van der Waals surface area contributed by atoms with Crippen LogP contribution >= 0.6 is 11.6 Å². The van der Waals surface area contributed by atoms with Gasteiger partial charge in [0.05, 0.1) is 5.56 Å². The molecule has 0 heterocycles. The maximum absolute atomic E-state index is 12.2. The largest absolute Gasteiger partial charge is 0.398 e. The highest BCUT2D eigenvalue weighted by Gasteiger charge is 2.23. The monoisotopic (exact) mass is 286 g/mol. The fourth-order valence-corrected chi connectivity index (χ4v) is 2.84. The summed E-state index contributed by atoms with van der Waals surface area (Å²) in [4.78, 5) is 12.2. The average Bonchev–Trinajstić information content (AvgIpc) is 2.80. The third-order valence-corrected chi connectivity index (χ3v) is 3.88. The zero-order valence-electron chi connectivity index (χ0n) is 10.9. The molecule has 4 heteroatoms. The summed E-state index contributed by atoms with van der Waals surface area (Å²) in [6.07, 6.45) is 1.74. The topological polar surface area (TPSA) is 55.1 Å². The van der Waals surface area contributed by atoms with E-state index in [1.165, 1.54) is 11.1 Å². The van der Waals surface area contributed by atoms with Gasteiger partial charge >= 0.3 is 0 Å². The Morgan fingerprint density at radius 3 is 2.40 bits per heavy atom. The number of carbonyl (C=O) groups excluding carboxylic acids is 1. The van der Waals surface area contributed by atoms with Gasteiger partial charge in [-0.3, -0.25) is 4.79 Å². The second kappa shape index (κ2) is 5.17. The minimum absolute atomic E-state index is 0.134. The van der Waals surface area contributed by atoms with E-state index in [1.807, 2.05) is 12.1 Å². The van der Waals surface area contributed by atoms with Crippen LogP contribution in [0.3, 0.4) is 0 Å². The van der Waals surface area contributed by atoms with Gasteiger partial charge in [0.2, 0.25) is 0 Å². The maximum Gasteiger partial charge on any atom is 0.253 e. The van der Waals surface area contributed by atoms with E-state index in [0.717, 1.165) is 12.8 Å². The first-order valence-electron chi connectivity index (χ1n) is 6.56. The number of carbonyl (C=O) groups is 1. The normalized spacial score (nSPS) is 14.1. The zero-order valence-corrected chi connectivity index (χ0v) is 11.7. The third-order valence-electron chi connectivity index (χ3n) is 3.64. The molecule has 3 nitrogen and oxygen atoms in total. The number of hydrogen-bond acceptors (Lipinski definition) is 2. The lowest BCUT2D eigenvalue weighted by Crippen LogP contribution is -2.35. The number of nitrogens with two attached hydrogens (primary N) is 1. The summed E-state index contributed by atoms with van der Waals surface area (Å²) in [6.45, 7) is 0. The van der Waals surface area contributed by atoms with Crippen LogP contribution < -0.4 is 11.1 Å². The van der Waals surface area contributed by atoms with E-state index in [0.29, 0.717) is 16.3 Å². The van der Waals surface area contributed by atoms with E-state index < -0.39 is 0 Å². The molecule has 20 heavy (non-hydrogen) atoms. The summed E-state index contributed by atoms with van der Waals surface area (Å²) in [7, 11) is 0. The predicted molar refractivity (Wildman–Crippen MR) is 81.0 cm³/mol. The van der Waals surface area contributed by atoms with Gasteiger partial charge in [0.25, 0.3) is 5.91 Å². The van der Waals surface area contributed by atoms with E-state index in [2.05, 4.69) is 17.4 Å². The van der Waals surface area contributed by atoms with Crippen LogP contribution in [-0.2, 0) is 12.8 Å². The first-order chi connectivity index (χ1) is 9.63. The SMILES string of the molecule is Nc1cc(Cl)ccc1C(=O)NC1Cc2ccccc2C1. The summed E-state index contributed by atoms with van der Waals surface area (Å²) < 4.78 is 0. The average molecular weight is 287 g/mol. The van der Waals surface area contributed by atoms with Crippen molar-refractivity contribution in [2.24, 2.45) is 0 Å². The van der Waals surface area contributed by atoms with Gasteiger partial charge in [-0.05, 0) is 42.2 Å². The van der Waals surface area contributed by atoms with Gasteiger partial charge < -0.3 is 11.1 Å². The molecule has 0 unspecified atom stereocenters. The quantitative estimate of drug-likeness (QED) is 0.834. The Bertz CT molecular complexity index is 644. The molecule has 1 aliphatic rings. The molecule has 0 bridgehead atoms. The second-order valence-electron chi connectivity index (χ2n) is 5.08. The third kappa shape index (κ3) is 2.49. The van der Waals surface area contributed by atoms with Crippen LogP contribution in [-0.4, -0.2) is 11.9 Å². The minimum atomic E-state index is -0.142. The molecule has 2 aromatic rings. The molecule has 0 saturated heterocycles. The van der Waals surface area contributed by atoms with Gasteiger partial charge in [-0.25, -0.2) is 0 Å². The number of rotatable bonds is 2. The molecule has 0 atom stereocenters. The number of benzene rings is 2. The van der Waals surface area contributed by atoms with Crippen LogP contribution in [0.4, 0.5) is 5.69 Å². The molecule has 0 spiro atoms. The van der Waals surface area contributed by atoms with Gasteiger partial charge in [0, 0.05) is 16.8 Å². The first-order valence-corrected chi connectivity index (χ1v) is 6.94. The zero-order chi connectivity index (χ0) is 14.1. The standard InChI is InChI=1S/C16H15ClN2O/c17-12-5-6-14(15(18)9-12)16(20)19-13-7-10-3-1-2-4-11(10)8-13/h1-6,9,13H,7-8,18H2,(H,19,20). The molecule has 3 rings (SSSR count). The number of fused-ring (bicyclic) bond motifs is 1. The molecule has 0 fully saturated rings. The minimum Gasteiger partial charge on any atom is -0.398 e. The molecule has 0 radical (unpaired) electrons. The van der Waals surface area contributed by atoms with Gasteiger partial charge in [-0.1, -0.05) is 35.9 Å². The summed E-state index contributed by atoms with van der Waals surface area (Å²) in [6, 6.07) is 13.3. The summed E-state index contributed by atoms with van der Waals surface area (Å²) >= 11 is 5.84. The van der Waals surface area contributed by atoms with Crippen molar-refractivity contribution in [3.8, 4) is 0 Å². The Morgan fingerprint density at radius 1 is 1.15 bits per heavy atom. The van der Waals surface area contributed by atoms with Crippen molar-refractivity contribution >= 4 is 23.2 Å². The second-order valence-corrected chi connectivity index (χ2v) is 5.52. The highest BCUT2D eigenvalue weighted by molar-refractivity contribution is 6.31. The van der Waals surface area contributed by atoms with Crippen molar-refractivity contribution < 1.29 is 4.79 Å². The Kier molecular flexibility index (Phi) is 3.36. The smallest absolute Gasteiger partial charge is 0.253 e. The summed E-state index contributed by atoms with van der Waals surface area (Å²) in [5, 5.41) is 3.57. The van der Waals surface area contributed by atoms with Crippen molar-refractivity contribution in [1.82, 2.24) is 5.32 Å². The fraction of sp³-hybridized carbons (Fsp3) is 0.188. The molecule has 1 amide bonds. The Morgan fingerprint density at radius 2 is 1.80 bits per heavy atom. The molecule has 0 aliphatic heterocycles. The highest BCUT2D eigenvalue weighted by Crippen LogP contribution is 2.23. The maximum atomic E-state index is 12.2. The Hall–Kier alpha value is -2.00. The van der Waals surface area contributed by atoms with Gasteiger partial charge in [-0.15, -0.1) is 0 Å². The lowest BCUT2D eigenvalue weighted by molar-refractivity contribution is 0.0939. The number of nitrogen functional groups attached to an aromatic ring is 1. The van der Waals surface area contributed by atoms with Gasteiger partial charge in [-0.2, -0.15) is 0 Å². The molecule has 102 valence electrons. The van der Waals surface area contributed by atoms with E-state index >= 15 is 0 Å². The highest BCUT2D eigenvalue weighted by atomic mass is 35.5. The molecule has 2 aromatic carbocycles. The number of anilines is 1. The van der Waals surface area contributed by atoms with Crippen molar-refractivity contribution in [2.45, 2.75) is 18.9 Å². The van der Waals surface area contributed by atoms with E-state index in [-0.39, 0.29) is 11.9 Å². The number of nitrogens with one attached hydrogen (secondary N) is 1. The lowest BCUT2D eigenvalue weighted by atomic mass is 10.1. The summed E-state index contributed by atoms with van der Waals surface area (Å²) in [5.74, 6) is -0.142. The number of amides is 1. The Balaban J connectivity index is 1.72. The van der Waals surface area contributed by atoms with E-state index in [4.69, 9.17) is 17.3 Å². The van der Waals surface area contributed by atoms with Gasteiger partial charge in [0.1, 0.15) is 0 Å². The van der Waals surface area contributed by atoms with Crippen molar-refractivity contribution in [3.63, 3.8) is 0 Å². The van der Waals surface area contributed by atoms with Crippen LogP contribution in [0, 0.1) is 0 Å². The molecular formula is C16H15ClN2O. The predicted octanol–water partition coefficient (Wildman–Crippen LogP) is 2.82. The van der Waals surface area contributed by atoms with Crippen molar-refractivity contribution in [3.05, 3.63) is 64.2 Å². The van der Waals surface area contributed by atoms with Gasteiger partial charge in [0.15, 0.2) is 0 Å². The van der Waals surface area contributed by atoms with Crippen LogP contribution in [0.1, 0.15) is 21.5 Å². The van der Waals surface area contributed by atoms with Crippen molar-refractivity contribution in [2.75, 3.05) is 5.73 Å². The Labute approximate surface area is 122 Å². The molecule has 0 aromatic heterocycles. The van der Waals surface area contributed by atoms with Crippen LogP contribution in [0.5, 0.6) is 0 Å². The fourth-order valence-electron chi connectivity index (χ4n) is 2.66. The van der Waals surface area contributed by atoms with Crippen LogP contribution in [0.2, 0.25) is 5.02 Å². The van der Waals surface area contributed by atoms with Crippen LogP contribution in [0.15, 0.2) is 42.5 Å². The first kappa shape index (κ1) is 13.0. The summed E-state index contributed by atoms with van der Waals surface area (Å²) in [5.41, 5.74) is 9.34. The number of halogens is 1. The lowest BCUT2D eigenvalue weighted by Gasteiger charge is -2.13. The van der Waals surface area contributed by atoms with E-state index in [9.17, 15) is 4.79 Å². The molecule has 3 N–H and O–H groups in total. The van der Waals surface area contributed by atoms with E-state index in [1.54, 1.807) is 18.2 Å². The molecular weight excluding hydrogens is 272 g/mol.